The van der Waals surface area contributed by atoms with E-state index in [2.05, 4.69) is 5.32 Å². The van der Waals surface area contributed by atoms with Crippen LogP contribution in [0.3, 0.4) is 0 Å². The van der Waals surface area contributed by atoms with E-state index in [9.17, 15) is 13.2 Å². The first-order chi connectivity index (χ1) is 8.88. The van der Waals surface area contributed by atoms with Gasteiger partial charge in [0.15, 0.2) is 0 Å². The van der Waals surface area contributed by atoms with Gasteiger partial charge < -0.3 is 5.32 Å². The van der Waals surface area contributed by atoms with Crippen molar-refractivity contribution in [2.45, 2.75) is 11.8 Å². The molecule has 1 aromatic heterocycles. The lowest BCUT2D eigenvalue weighted by molar-refractivity contribution is 0.102. The highest BCUT2D eigenvalue weighted by atomic mass is 32.2. The Labute approximate surface area is 115 Å². The summed E-state index contributed by atoms with van der Waals surface area (Å²) in [5.41, 5.74) is 1.73. The average Bonchev–Trinajstić information content (AvgIpc) is 2.84. The molecule has 1 amide bonds. The maximum absolute atomic E-state index is 11.9. The summed E-state index contributed by atoms with van der Waals surface area (Å²) in [5.74, 6) is -0.282. The molecule has 0 aliphatic heterocycles. The van der Waals surface area contributed by atoms with Gasteiger partial charge in [-0.1, -0.05) is 6.07 Å². The van der Waals surface area contributed by atoms with Crippen LogP contribution in [0.4, 0.5) is 5.69 Å². The number of benzene rings is 1. The van der Waals surface area contributed by atoms with Crippen molar-refractivity contribution in [3.8, 4) is 0 Å². The summed E-state index contributed by atoms with van der Waals surface area (Å²) in [6.45, 7) is 1.77. The molecule has 0 unspecified atom stereocenters. The number of nitrogens with one attached hydrogen (secondary N) is 1. The van der Waals surface area contributed by atoms with Gasteiger partial charge in [0, 0.05) is 11.1 Å². The van der Waals surface area contributed by atoms with Crippen LogP contribution in [-0.2, 0) is 10.0 Å². The maximum atomic E-state index is 11.9. The molecule has 19 heavy (non-hydrogen) atoms. The molecule has 3 N–H and O–H groups in total. The van der Waals surface area contributed by atoms with Gasteiger partial charge in [-0.3, -0.25) is 4.79 Å². The van der Waals surface area contributed by atoms with E-state index >= 15 is 0 Å². The van der Waals surface area contributed by atoms with Crippen molar-refractivity contribution < 1.29 is 13.2 Å². The quantitative estimate of drug-likeness (QED) is 0.907. The second-order valence-electron chi connectivity index (χ2n) is 3.99. The fourth-order valence-corrected chi connectivity index (χ4v) is 2.68. The van der Waals surface area contributed by atoms with Gasteiger partial charge in [0.05, 0.1) is 10.5 Å². The van der Waals surface area contributed by atoms with Crippen LogP contribution in [0.1, 0.15) is 15.9 Å². The largest absolute Gasteiger partial charge is 0.322 e. The molecule has 1 heterocycles. The van der Waals surface area contributed by atoms with Crippen molar-refractivity contribution in [2.24, 2.45) is 5.14 Å². The first-order valence-electron chi connectivity index (χ1n) is 5.35. The first kappa shape index (κ1) is 13.7. The van der Waals surface area contributed by atoms with E-state index in [0.717, 1.165) is 5.56 Å². The lowest BCUT2D eigenvalue weighted by atomic mass is 10.2. The maximum Gasteiger partial charge on any atom is 0.256 e. The van der Waals surface area contributed by atoms with E-state index in [1.807, 2.05) is 0 Å². The van der Waals surface area contributed by atoms with Gasteiger partial charge in [-0.25, -0.2) is 13.6 Å². The molecule has 0 radical (unpaired) electrons. The Morgan fingerprint density at radius 3 is 2.63 bits per heavy atom. The van der Waals surface area contributed by atoms with Gasteiger partial charge >= 0.3 is 0 Å². The molecule has 0 saturated heterocycles. The lowest BCUT2D eigenvalue weighted by Gasteiger charge is -2.09. The Hall–Kier alpha value is -1.70. The summed E-state index contributed by atoms with van der Waals surface area (Å²) < 4.78 is 22.6. The summed E-state index contributed by atoms with van der Waals surface area (Å²) >= 11 is 1.41. The first-order valence-corrected chi connectivity index (χ1v) is 7.84. The second-order valence-corrected chi connectivity index (χ2v) is 6.33. The van der Waals surface area contributed by atoms with E-state index in [1.165, 1.54) is 23.5 Å². The molecule has 2 rings (SSSR count). The molecule has 2 aromatic rings. The summed E-state index contributed by atoms with van der Waals surface area (Å²) in [7, 11) is -3.78. The average molecular weight is 296 g/mol. The predicted molar refractivity (Wildman–Crippen MR) is 74.8 cm³/mol. The molecule has 0 fully saturated rings. The summed E-state index contributed by atoms with van der Waals surface area (Å²) in [4.78, 5) is 11.9. The minimum atomic E-state index is -3.78. The summed E-state index contributed by atoms with van der Waals surface area (Å²) in [6.07, 6.45) is 0. The third-order valence-corrected chi connectivity index (χ3v) is 4.16. The normalized spacial score (nSPS) is 11.3. The molecule has 0 saturated carbocycles. The minimum Gasteiger partial charge on any atom is -0.322 e. The van der Waals surface area contributed by atoms with Gasteiger partial charge in [0.25, 0.3) is 5.91 Å². The van der Waals surface area contributed by atoms with Crippen molar-refractivity contribution in [1.29, 1.82) is 0 Å². The number of rotatable bonds is 3. The SMILES string of the molecule is Cc1ccc(S(N)(=O)=O)cc1NC(=O)c1ccsc1. The molecule has 5 nitrogen and oxygen atoms in total. The highest BCUT2D eigenvalue weighted by Crippen LogP contribution is 2.20. The number of hydrogen-bond donors (Lipinski definition) is 2. The van der Waals surface area contributed by atoms with E-state index in [4.69, 9.17) is 5.14 Å². The smallest absolute Gasteiger partial charge is 0.256 e. The molecular weight excluding hydrogens is 284 g/mol. The molecule has 0 aliphatic rings. The van der Waals surface area contributed by atoms with Crippen LogP contribution in [-0.4, -0.2) is 14.3 Å². The highest BCUT2D eigenvalue weighted by molar-refractivity contribution is 7.89. The Morgan fingerprint density at radius 2 is 2.05 bits per heavy atom. The molecule has 1 aromatic carbocycles. The number of nitrogens with two attached hydrogens (primary N) is 1. The van der Waals surface area contributed by atoms with Crippen molar-refractivity contribution >= 4 is 33.0 Å². The Balaban J connectivity index is 2.32. The van der Waals surface area contributed by atoms with Crippen molar-refractivity contribution in [1.82, 2.24) is 0 Å². The zero-order valence-electron chi connectivity index (χ0n) is 10.1. The number of anilines is 1. The standard InChI is InChI=1S/C12H12N2O3S2/c1-8-2-3-10(19(13,16)17)6-11(8)14-12(15)9-4-5-18-7-9/h2-7H,1H3,(H,14,15)(H2,13,16,17). The monoisotopic (exact) mass is 296 g/mol. The third-order valence-electron chi connectivity index (χ3n) is 2.57. The van der Waals surface area contributed by atoms with Crippen molar-refractivity contribution in [2.75, 3.05) is 5.32 Å². The van der Waals surface area contributed by atoms with Crippen molar-refractivity contribution in [3.05, 3.63) is 46.2 Å². The topological polar surface area (TPSA) is 89.3 Å². The fraction of sp³-hybridized carbons (Fsp3) is 0.0833. The molecular formula is C12H12N2O3S2. The van der Waals surface area contributed by atoms with Crippen LogP contribution in [0.15, 0.2) is 39.9 Å². The Bertz CT molecular complexity index is 707. The number of thiophene rings is 1. The Morgan fingerprint density at radius 1 is 1.32 bits per heavy atom. The van der Waals surface area contributed by atoms with Crippen LogP contribution in [0.25, 0.3) is 0 Å². The van der Waals surface area contributed by atoms with Crippen LogP contribution in [0.5, 0.6) is 0 Å². The number of carbonyl (C=O) groups is 1. The van der Waals surface area contributed by atoms with Gasteiger partial charge in [-0.15, -0.1) is 0 Å². The van der Waals surface area contributed by atoms with E-state index in [1.54, 1.807) is 29.8 Å². The Kier molecular flexibility index (Phi) is 3.70. The van der Waals surface area contributed by atoms with Gasteiger partial charge in [0.2, 0.25) is 10.0 Å². The van der Waals surface area contributed by atoms with Gasteiger partial charge in [-0.2, -0.15) is 11.3 Å². The highest BCUT2D eigenvalue weighted by Gasteiger charge is 2.12. The number of aryl methyl sites for hydroxylation is 1. The third kappa shape index (κ3) is 3.19. The number of amides is 1. The molecule has 100 valence electrons. The van der Waals surface area contributed by atoms with E-state index in [-0.39, 0.29) is 10.8 Å². The summed E-state index contributed by atoms with van der Waals surface area (Å²) in [5, 5.41) is 11.2. The molecule has 0 aliphatic carbocycles. The van der Waals surface area contributed by atoms with E-state index in [0.29, 0.717) is 11.3 Å². The van der Waals surface area contributed by atoms with E-state index < -0.39 is 10.0 Å². The van der Waals surface area contributed by atoms with Crippen LogP contribution < -0.4 is 10.5 Å². The summed E-state index contributed by atoms with van der Waals surface area (Å²) in [6, 6.07) is 6.06. The lowest BCUT2D eigenvalue weighted by Crippen LogP contribution is -2.15. The van der Waals surface area contributed by atoms with Gasteiger partial charge in [-0.05, 0) is 36.1 Å². The molecule has 0 spiro atoms. The molecule has 0 bridgehead atoms. The second kappa shape index (κ2) is 5.12. The number of sulfonamides is 1. The van der Waals surface area contributed by atoms with Crippen LogP contribution in [0.2, 0.25) is 0 Å². The number of carbonyl (C=O) groups excluding carboxylic acids is 1. The predicted octanol–water partition coefficient (Wildman–Crippen LogP) is 1.96. The van der Waals surface area contributed by atoms with Crippen LogP contribution >= 0.6 is 11.3 Å². The zero-order valence-corrected chi connectivity index (χ0v) is 11.7. The van der Waals surface area contributed by atoms with Crippen LogP contribution in [0, 0.1) is 6.92 Å². The zero-order chi connectivity index (χ0) is 14.0. The fourth-order valence-electron chi connectivity index (χ4n) is 1.50. The number of hydrogen-bond acceptors (Lipinski definition) is 4. The van der Waals surface area contributed by atoms with Crippen molar-refractivity contribution in [3.63, 3.8) is 0 Å². The number of primary sulfonamides is 1. The molecule has 0 atom stereocenters. The minimum absolute atomic E-state index is 0.0290. The molecule has 7 heteroatoms. The van der Waals surface area contributed by atoms with Gasteiger partial charge in [0.1, 0.15) is 0 Å².